The van der Waals surface area contributed by atoms with Gasteiger partial charge in [0.1, 0.15) is 0 Å². The number of aromatic nitrogens is 4. The second-order valence-electron chi connectivity index (χ2n) is 16.4. The Labute approximate surface area is 343 Å². The highest BCUT2D eigenvalue weighted by Crippen LogP contribution is 2.38. The lowest BCUT2D eigenvalue weighted by atomic mass is 9.94. The van der Waals surface area contributed by atoms with Crippen LogP contribution in [0.3, 0.4) is 0 Å². The minimum absolute atomic E-state index is 0.0569. The van der Waals surface area contributed by atoms with E-state index >= 15 is 0 Å². The van der Waals surface area contributed by atoms with Crippen molar-refractivity contribution in [3.05, 3.63) is 84.2 Å². The first kappa shape index (κ1) is 38.1. The second-order valence-corrected chi connectivity index (χ2v) is 16.9. The molecule has 58 heavy (non-hydrogen) atoms. The summed E-state index contributed by atoms with van der Waals surface area (Å²) in [6.45, 7) is 13.3. The van der Waals surface area contributed by atoms with Crippen molar-refractivity contribution in [3.8, 4) is 0 Å². The number of urea groups is 1. The zero-order valence-corrected chi connectivity index (χ0v) is 33.8. The number of nitrogens with zero attached hydrogens (tertiary/aromatic N) is 7. The van der Waals surface area contributed by atoms with Gasteiger partial charge in [-0.1, -0.05) is 24.2 Å². The summed E-state index contributed by atoms with van der Waals surface area (Å²) in [6.07, 6.45) is 14.1. The highest BCUT2D eigenvalue weighted by Gasteiger charge is 2.30. The zero-order valence-electron chi connectivity index (χ0n) is 33.1. The Bertz CT molecular complexity index is 2350. The van der Waals surface area contributed by atoms with Gasteiger partial charge in [-0.2, -0.15) is 0 Å². The number of hydrogen-bond acceptors (Lipinski definition) is 8. The minimum Gasteiger partial charge on any atom is -0.370 e. The summed E-state index contributed by atoms with van der Waals surface area (Å²) in [5.74, 6) is 0.409. The number of fused-ring (bicyclic) bond motifs is 2. The predicted octanol–water partition coefficient (Wildman–Crippen LogP) is 7.00. The molecule has 0 radical (unpaired) electrons. The Morgan fingerprint density at radius 3 is 2.36 bits per heavy atom. The molecule has 14 heteroatoms. The molecule has 302 valence electrons. The third-order valence-corrected chi connectivity index (χ3v) is 13.1. The molecule has 3 N–H and O–H groups in total. The van der Waals surface area contributed by atoms with Gasteiger partial charge in [0.2, 0.25) is 11.7 Å². The number of carbonyl (C=O) groups excluding carboxylic acids is 3. The molecular formula is C44H51ClN10O3. The van der Waals surface area contributed by atoms with E-state index < -0.39 is 0 Å². The predicted molar refractivity (Wildman–Crippen MR) is 230 cm³/mol. The van der Waals surface area contributed by atoms with Crippen LogP contribution < -0.4 is 25.3 Å². The van der Waals surface area contributed by atoms with Crippen LogP contribution in [-0.2, 0) is 4.79 Å². The Morgan fingerprint density at radius 2 is 1.64 bits per heavy atom. The van der Waals surface area contributed by atoms with Gasteiger partial charge >= 0.3 is 6.03 Å². The molecule has 0 aliphatic carbocycles. The summed E-state index contributed by atoms with van der Waals surface area (Å²) in [5, 5.41) is 8.39. The summed E-state index contributed by atoms with van der Waals surface area (Å²) < 4.78 is 2.38. The lowest BCUT2D eigenvalue weighted by Crippen LogP contribution is -2.49. The van der Waals surface area contributed by atoms with E-state index in [2.05, 4.69) is 75.8 Å². The average Bonchev–Trinajstić information content (AvgIpc) is 3.89. The second kappa shape index (κ2) is 16.1. The Hall–Kier alpha value is -5.40. The molecule has 7 heterocycles. The van der Waals surface area contributed by atoms with Crippen LogP contribution in [0, 0.1) is 5.92 Å². The number of imide groups is 1. The molecule has 4 saturated heterocycles. The molecule has 0 saturated carbocycles. The van der Waals surface area contributed by atoms with E-state index in [-0.39, 0.29) is 29.7 Å². The van der Waals surface area contributed by atoms with E-state index in [0.29, 0.717) is 29.9 Å². The van der Waals surface area contributed by atoms with Gasteiger partial charge in [-0.25, -0.2) is 14.8 Å². The molecule has 5 aromatic rings. The fraction of sp³-hybridized carbons (Fsp3) is 0.432. The van der Waals surface area contributed by atoms with E-state index in [1.54, 1.807) is 17.3 Å². The van der Waals surface area contributed by atoms with Crippen LogP contribution in [-0.4, -0.2) is 101 Å². The van der Waals surface area contributed by atoms with E-state index in [0.717, 1.165) is 134 Å². The molecule has 13 nitrogen and oxygen atoms in total. The van der Waals surface area contributed by atoms with Gasteiger partial charge in [0, 0.05) is 99.6 Å². The van der Waals surface area contributed by atoms with Crippen LogP contribution >= 0.6 is 11.6 Å². The molecule has 4 aliphatic rings. The number of likely N-dealkylation sites (tertiary alicyclic amines) is 1. The Morgan fingerprint density at radius 1 is 0.897 bits per heavy atom. The summed E-state index contributed by atoms with van der Waals surface area (Å²) in [7, 11) is 0. The maximum absolute atomic E-state index is 13.2. The molecule has 0 atom stereocenters. The molecule has 4 aliphatic heterocycles. The van der Waals surface area contributed by atoms with Crippen molar-refractivity contribution in [2.24, 2.45) is 5.92 Å². The number of piperidine rings is 3. The average molecular weight is 803 g/mol. The van der Waals surface area contributed by atoms with Crippen LogP contribution in [0.4, 0.5) is 21.9 Å². The molecular weight excluding hydrogens is 752 g/mol. The first-order chi connectivity index (χ1) is 28.2. The fourth-order valence-corrected chi connectivity index (χ4v) is 9.81. The van der Waals surface area contributed by atoms with Crippen molar-refractivity contribution in [1.29, 1.82) is 0 Å². The highest BCUT2D eigenvalue weighted by molar-refractivity contribution is 6.36. The number of aromatic amines is 1. The molecule has 3 aromatic heterocycles. The number of carbonyl (C=O) groups is 3. The molecule has 4 fully saturated rings. The number of anilines is 3. The van der Waals surface area contributed by atoms with Gasteiger partial charge in [-0.05, 0) is 87.3 Å². The number of amides is 4. The van der Waals surface area contributed by atoms with Crippen molar-refractivity contribution in [2.75, 3.05) is 67.1 Å². The van der Waals surface area contributed by atoms with Crippen molar-refractivity contribution in [1.82, 2.24) is 35.1 Å². The van der Waals surface area contributed by atoms with Crippen LogP contribution in [0.1, 0.15) is 74.1 Å². The number of benzene rings is 2. The number of nitrogens with one attached hydrogen (secondary N) is 3. The minimum atomic E-state index is -0.349. The van der Waals surface area contributed by atoms with Crippen molar-refractivity contribution >= 4 is 73.9 Å². The third-order valence-electron chi connectivity index (χ3n) is 12.8. The quantitative estimate of drug-likeness (QED) is 0.145. The van der Waals surface area contributed by atoms with E-state index in [1.165, 1.54) is 0 Å². The van der Waals surface area contributed by atoms with Gasteiger partial charge < -0.3 is 29.6 Å². The number of H-pyrrole nitrogens is 1. The van der Waals surface area contributed by atoms with Gasteiger partial charge in [-0.15, -0.1) is 0 Å². The van der Waals surface area contributed by atoms with Gasteiger partial charge in [0.15, 0.2) is 0 Å². The number of rotatable bonds is 9. The Kier molecular flexibility index (Phi) is 10.6. The number of halogens is 1. The van der Waals surface area contributed by atoms with Crippen LogP contribution in [0.2, 0.25) is 5.02 Å². The van der Waals surface area contributed by atoms with Crippen molar-refractivity contribution in [2.45, 2.75) is 64.0 Å². The first-order valence-electron chi connectivity index (χ1n) is 20.7. The van der Waals surface area contributed by atoms with E-state index in [9.17, 15) is 14.4 Å². The van der Waals surface area contributed by atoms with Crippen molar-refractivity contribution in [3.63, 3.8) is 0 Å². The first-order valence-corrected chi connectivity index (χ1v) is 21.1. The van der Waals surface area contributed by atoms with Gasteiger partial charge in [0.05, 0.1) is 45.5 Å². The maximum atomic E-state index is 13.2. The molecule has 0 spiro atoms. The topological polar surface area (TPSA) is 135 Å². The third kappa shape index (κ3) is 7.53. The van der Waals surface area contributed by atoms with Crippen LogP contribution in [0.15, 0.2) is 67.8 Å². The summed E-state index contributed by atoms with van der Waals surface area (Å²) in [4.78, 5) is 58.9. The highest BCUT2D eigenvalue weighted by atomic mass is 35.5. The van der Waals surface area contributed by atoms with Crippen LogP contribution in [0.25, 0.3) is 27.4 Å². The van der Waals surface area contributed by atoms with Crippen LogP contribution in [0.5, 0.6) is 0 Å². The standard InChI is InChI=1S/C44H51ClN10O3/c1-28(2)34-26-46-41-38(7-6-35(45)40(34)41)53-20-10-30(11-21-53)49-43(57)42-47-24-32(25-48-42)52-18-8-29(9-19-52)27-51-16-12-31(13-17-51)54-22-14-33-36(54)4-3-5-37(33)55-23-15-39(56)50-44(55)58/h3-7,14,22,24-26,29-31,46H,1,8-13,15-21,23,27H2,2H3,(H,49,57)(H,50,56,58). The lowest BCUT2D eigenvalue weighted by Gasteiger charge is -2.38. The molecule has 9 rings (SSSR count). The van der Waals surface area contributed by atoms with E-state index in [1.807, 2.05) is 31.3 Å². The number of allylic oxidation sites excluding steroid dienone is 1. The summed E-state index contributed by atoms with van der Waals surface area (Å²) >= 11 is 6.58. The van der Waals surface area contributed by atoms with Gasteiger partial charge in [0.25, 0.3) is 5.91 Å². The van der Waals surface area contributed by atoms with Gasteiger partial charge in [-0.3, -0.25) is 19.8 Å². The SMILES string of the molecule is C=C(C)c1c[nH]c2c(N3CCC(NC(=O)c4ncc(N5CCC(CN6CCC(n7ccc8c(N9CCC(=O)NC9=O)cccc87)CC6)CC5)cn4)CC3)ccc(Cl)c12. The molecule has 0 unspecified atom stereocenters. The van der Waals surface area contributed by atoms with Crippen molar-refractivity contribution < 1.29 is 14.4 Å². The summed E-state index contributed by atoms with van der Waals surface area (Å²) in [6, 6.07) is 12.4. The smallest absolute Gasteiger partial charge is 0.328 e. The molecule has 0 bridgehead atoms. The fourth-order valence-electron chi connectivity index (χ4n) is 9.55. The maximum Gasteiger partial charge on any atom is 0.328 e. The monoisotopic (exact) mass is 802 g/mol. The molecule has 4 amide bonds. The molecule has 2 aromatic carbocycles. The number of hydrogen-bond donors (Lipinski definition) is 3. The lowest BCUT2D eigenvalue weighted by molar-refractivity contribution is -0.120. The normalized spacial score (nSPS) is 19.3. The summed E-state index contributed by atoms with van der Waals surface area (Å²) in [5.41, 5.74) is 7.10. The Balaban J connectivity index is 0.722. The van der Waals surface area contributed by atoms with E-state index in [4.69, 9.17) is 11.6 Å². The largest absolute Gasteiger partial charge is 0.370 e. The zero-order chi connectivity index (χ0) is 39.9.